The van der Waals surface area contributed by atoms with Crippen molar-refractivity contribution in [1.29, 1.82) is 0 Å². The summed E-state index contributed by atoms with van der Waals surface area (Å²) in [5.41, 5.74) is 1.46. The van der Waals surface area contributed by atoms with Gasteiger partial charge in [-0.2, -0.15) is 0 Å². The Kier molecular flexibility index (Phi) is 6.10. The zero-order valence-corrected chi connectivity index (χ0v) is 16.0. The molecule has 0 aromatic heterocycles. The van der Waals surface area contributed by atoms with Gasteiger partial charge >= 0.3 is 0 Å². The molecule has 0 aliphatic rings. The normalized spacial score (nSPS) is 10.9. The minimum atomic E-state index is -3.34. The highest BCUT2D eigenvalue weighted by Gasteiger charge is 2.16. The van der Waals surface area contributed by atoms with Gasteiger partial charge in [-0.25, -0.2) is 8.42 Å². The highest BCUT2D eigenvalue weighted by molar-refractivity contribution is 7.92. The first-order chi connectivity index (χ1) is 12.3. The summed E-state index contributed by atoms with van der Waals surface area (Å²) in [5.74, 6) is 0.761. The van der Waals surface area contributed by atoms with Gasteiger partial charge in [0.15, 0.2) is 11.5 Å². The lowest BCUT2D eigenvalue weighted by atomic mass is 10.2. The number of ether oxygens (including phenoxy) is 2. The largest absolute Gasteiger partial charge is 0.493 e. The number of carbonyl (C=O) groups is 1. The van der Waals surface area contributed by atoms with Crippen LogP contribution in [-0.2, 0) is 10.0 Å². The van der Waals surface area contributed by atoms with Crippen molar-refractivity contribution in [2.24, 2.45) is 0 Å². The van der Waals surface area contributed by atoms with Crippen molar-refractivity contribution in [3.8, 4) is 11.5 Å². The molecule has 0 aliphatic carbocycles. The summed E-state index contributed by atoms with van der Waals surface area (Å²) in [6, 6.07) is 11.4. The Morgan fingerprint density at radius 1 is 1.04 bits per heavy atom. The molecule has 8 heteroatoms. The third-order valence-corrected chi connectivity index (χ3v) is 5.69. The predicted octanol–water partition coefficient (Wildman–Crippen LogP) is 2.74. The maximum Gasteiger partial charge on any atom is 0.255 e. The van der Waals surface area contributed by atoms with E-state index in [9.17, 15) is 13.2 Å². The summed E-state index contributed by atoms with van der Waals surface area (Å²) in [6.45, 7) is 1.58. The van der Waals surface area contributed by atoms with E-state index in [4.69, 9.17) is 9.47 Å². The Balaban J connectivity index is 2.16. The van der Waals surface area contributed by atoms with Crippen LogP contribution in [0.15, 0.2) is 42.5 Å². The molecule has 0 bridgehead atoms. The second kappa shape index (κ2) is 8.09. The topological polar surface area (TPSA) is 84.9 Å². The molecule has 0 atom stereocenters. The number of hydrogen-bond acceptors (Lipinski definition) is 5. The van der Waals surface area contributed by atoms with Crippen molar-refractivity contribution < 1.29 is 22.7 Å². The Morgan fingerprint density at radius 2 is 1.65 bits per heavy atom. The van der Waals surface area contributed by atoms with Crippen LogP contribution in [0.5, 0.6) is 11.5 Å². The van der Waals surface area contributed by atoms with Crippen molar-refractivity contribution >= 4 is 27.3 Å². The minimum absolute atomic E-state index is 0.00500. The molecule has 0 radical (unpaired) electrons. The second-order valence-electron chi connectivity index (χ2n) is 5.44. The van der Waals surface area contributed by atoms with Crippen molar-refractivity contribution in [3.05, 3.63) is 48.0 Å². The number of rotatable bonds is 7. The third-order valence-electron chi connectivity index (χ3n) is 3.92. The van der Waals surface area contributed by atoms with Gasteiger partial charge in [0, 0.05) is 24.4 Å². The number of nitrogens with zero attached hydrogens (tertiary/aromatic N) is 1. The van der Waals surface area contributed by atoms with Gasteiger partial charge in [0.1, 0.15) is 0 Å². The molecule has 7 nitrogen and oxygen atoms in total. The van der Waals surface area contributed by atoms with Crippen LogP contribution in [0.25, 0.3) is 0 Å². The van der Waals surface area contributed by atoms with Crippen LogP contribution in [0.2, 0.25) is 0 Å². The number of benzene rings is 2. The van der Waals surface area contributed by atoms with Crippen LogP contribution in [0, 0.1) is 0 Å². The second-order valence-corrected chi connectivity index (χ2v) is 7.73. The summed E-state index contributed by atoms with van der Waals surface area (Å²) in [5, 5.41) is 2.77. The van der Waals surface area contributed by atoms with E-state index < -0.39 is 10.0 Å². The van der Waals surface area contributed by atoms with E-state index in [1.165, 1.54) is 25.6 Å². The van der Waals surface area contributed by atoms with E-state index in [1.807, 2.05) is 0 Å². The zero-order valence-electron chi connectivity index (χ0n) is 15.1. The molecule has 0 heterocycles. The van der Waals surface area contributed by atoms with E-state index in [0.29, 0.717) is 28.4 Å². The molecule has 2 aromatic carbocycles. The van der Waals surface area contributed by atoms with Gasteiger partial charge in [0.25, 0.3) is 5.91 Å². The Hall–Kier alpha value is -2.74. The fraction of sp³-hybridized carbons (Fsp3) is 0.278. The molecule has 0 saturated carbocycles. The molecule has 0 saturated heterocycles. The van der Waals surface area contributed by atoms with Crippen LogP contribution in [-0.4, -0.2) is 41.3 Å². The lowest BCUT2D eigenvalue weighted by Crippen LogP contribution is -2.28. The van der Waals surface area contributed by atoms with Gasteiger partial charge in [-0.1, -0.05) is 0 Å². The van der Waals surface area contributed by atoms with Crippen LogP contribution in [0.3, 0.4) is 0 Å². The lowest BCUT2D eigenvalue weighted by molar-refractivity contribution is 0.102. The number of nitrogens with one attached hydrogen (secondary N) is 1. The highest BCUT2D eigenvalue weighted by Crippen LogP contribution is 2.30. The predicted molar refractivity (Wildman–Crippen MR) is 102 cm³/mol. The van der Waals surface area contributed by atoms with Gasteiger partial charge in [-0.05, 0) is 43.3 Å². The smallest absolute Gasteiger partial charge is 0.255 e. The van der Waals surface area contributed by atoms with Crippen molar-refractivity contribution in [1.82, 2.24) is 0 Å². The first-order valence-electron chi connectivity index (χ1n) is 7.92. The van der Waals surface area contributed by atoms with E-state index >= 15 is 0 Å². The summed E-state index contributed by atoms with van der Waals surface area (Å²) in [4.78, 5) is 12.4. The minimum Gasteiger partial charge on any atom is -0.493 e. The fourth-order valence-electron chi connectivity index (χ4n) is 2.29. The fourth-order valence-corrected chi connectivity index (χ4v) is 3.12. The van der Waals surface area contributed by atoms with E-state index in [0.717, 1.165) is 0 Å². The summed E-state index contributed by atoms with van der Waals surface area (Å²) in [7, 11) is 1.20. The van der Waals surface area contributed by atoms with E-state index in [-0.39, 0.29) is 11.7 Å². The molecule has 2 aromatic rings. The van der Waals surface area contributed by atoms with Crippen molar-refractivity contribution in [2.75, 3.05) is 36.6 Å². The lowest BCUT2D eigenvalue weighted by Gasteiger charge is -2.18. The summed E-state index contributed by atoms with van der Waals surface area (Å²) < 4.78 is 35.4. The first-order valence-corrected chi connectivity index (χ1v) is 9.53. The standard InChI is InChI=1S/C18H22N2O5S/c1-5-26(22,23)20(2)15-9-6-13(7-10-15)18(21)19-14-8-11-16(24-3)17(12-14)25-4/h6-12H,5H2,1-4H3,(H,19,21). The van der Waals surface area contributed by atoms with Crippen LogP contribution >= 0.6 is 0 Å². The average molecular weight is 378 g/mol. The quantitative estimate of drug-likeness (QED) is 0.801. The van der Waals surface area contributed by atoms with Crippen LogP contribution in [0.4, 0.5) is 11.4 Å². The molecule has 1 N–H and O–H groups in total. The number of amides is 1. The maximum absolute atomic E-state index is 12.4. The van der Waals surface area contributed by atoms with Crippen molar-refractivity contribution in [3.63, 3.8) is 0 Å². The van der Waals surface area contributed by atoms with E-state index in [1.54, 1.807) is 49.4 Å². The summed E-state index contributed by atoms with van der Waals surface area (Å²) >= 11 is 0. The highest BCUT2D eigenvalue weighted by atomic mass is 32.2. The molecule has 0 spiro atoms. The molecule has 140 valence electrons. The molecule has 0 unspecified atom stereocenters. The number of sulfonamides is 1. The van der Waals surface area contributed by atoms with Crippen LogP contribution in [0.1, 0.15) is 17.3 Å². The Bertz CT molecular complexity index is 879. The maximum atomic E-state index is 12.4. The Labute approximate surface area is 153 Å². The number of hydrogen-bond donors (Lipinski definition) is 1. The number of anilines is 2. The van der Waals surface area contributed by atoms with Crippen LogP contribution < -0.4 is 19.1 Å². The average Bonchev–Trinajstić information content (AvgIpc) is 2.67. The van der Waals surface area contributed by atoms with Gasteiger partial charge in [0.2, 0.25) is 10.0 Å². The Morgan fingerprint density at radius 3 is 2.19 bits per heavy atom. The van der Waals surface area contributed by atoms with Gasteiger partial charge < -0.3 is 14.8 Å². The monoisotopic (exact) mass is 378 g/mol. The molecule has 1 amide bonds. The zero-order chi connectivity index (χ0) is 19.3. The summed E-state index contributed by atoms with van der Waals surface area (Å²) in [6.07, 6.45) is 0. The van der Waals surface area contributed by atoms with Crippen molar-refractivity contribution in [2.45, 2.75) is 6.92 Å². The molecular formula is C18H22N2O5S. The molecular weight excluding hydrogens is 356 g/mol. The number of methoxy groups -OCH3 is 2. The van der Waals surface area contributed by atoms with Gasteiger partial charge in [-0.15, -0.1) is 0 Å². The third kappa shape index (κ3) is 4.26. The molecule has 0 fully saturated rings. The van der Waals surface area contributed by atoms with Gasteiger partial charge in [0.05, 0.1) is 25.7 Å². The van der Waals surface area contributed by atoms with E-state index in [2.05, 4.69) is 5.32 Å². The molecule has 26 heavy (non-hydrogen) atoms. The molecule has 2 rings (SSSR count). The van der Waals surface area contributed by atoms with Gasteiger partial charge in [-0.3, -0.25) is 9.10 Å². The SMILES string of the molecule is CCS(=O)(=O)N(C)c1ccc(C(=O)Nc2ccc(OC)c(OC)c2)cc1. The first kappa shape index (κ1) is 19.6. The molecule has 0 aliphatic heterocycles. The number of carbonyl (C=O) groups excluding carboxylic acids is 1.